The molecule has 3 atom stereocenters. The highest BCUT2D eigenvalue weighted by molar-refractivity contribution is 5.83. The number of fused-ring (bicyclic) bond motifs is 1. The maximum absolute atomic E-state index is 13.1. The van der Waals surface area contributed by atoms with E-state index in [1.165, 1.54) is 5.56 Å². The first kappa shape index (κ1) is 16.7. The molecule has 1 unspecified atom stereocenters. The van der Waals surface area contributed by atoms with E-state index >= 15 is 0 Å². The quantitative estimate of drug-likeness (QED) is 0.791. The maximum atomic E-state index is 13.1. The van der Waals surface area contributed by atoms with Crippen LogP contribution >= 0.6 is 0 Å². The number of rotatable bonds is 3. The van der Waals surface area contributed by atoms with Crippen molar-refractivity contribution in [2.75, 3.05) is 26.2 Å². The van der Waals surface area contributed by atoms with Gasteiger partial charge in [0.05, 0.1) is 24.2 Å². The molecule has 0 spiro atoms. The summed E-state index contributed by atoms with van der Waals surface area (Å²) in [6, 6.07) is 4.39. The molecular formula is C20H27N3O2. The van der Waals surface area contributed by atoms with Crippen molar-refractivity contribution < 1.29 is 9.53 Å². The van der Waals surface area contributed by atoms with E-state index in [2.05, 4.69) is 39.9 Å². The zero-order valence-corrected chi connectivity index (χ0v) is 14.9. The highest BCUT2D eigenvalue weighted by Gasteiger charge is 2.45. The summed E-state index contributed by atoms with van der Waals surface area (Å²) < 4.78 is 6.01. The molecule has 0 radical (unpaired) electrons. The average Bonchev–Trinajstić information content (AvgIpc) is 3.08. The van der Waals surface area contributed by atoms with E-state index in [1.54, 1.807) is 6.20 Å². The summed E-state index contributed by atoms with van der Waals surface area (Å²) in [5.41, 5.74) is 0.980. The molecule has 0 saturated carbocycles. The van der Waals surface area contributed by atoms with E-state index in [-0.39, 0.29) is 11.5 Å². The Hall–Kier alpha value is -1.72. The molecule has 4 rings (SSSR count). The third-order valence-corrected chi connectivity index (χ3v) is 5.93. The minimum absolute atomic E-state index is 0.136. The Morgan fingerprint density at radius 2 is 2.32 bits per heavy atom. The van der Waals surface area contributed by atoms with Gasteiger partial charge < -0.3 is 9.64 Å². The zero-order valence-electron chi connectivity index (χ0n) is 14.9. The number of carbonyl (C=O) groups excluding carboxylic acids is 1. The lowest BCUT2D eigenvalue weighted by Gasteiger charge is -2.36. The predicted molar refractivity (Wildman–Crippen MR) is 95.9 cm³/mol. The molecule has 1 aliphatic carbocycles. The number of ether oxygens (including phenoxy) is 1. The van der Waals surface area contributed by atoms with Crippen LogP contribution in [0.25, 0.3) is 0 Å². The number of morpholine rings is 1. The van der Waals surface area contributed by atoms with Crippen LogP contribution in [0.1, 0.15) is 31.7 Å². The minimum Gasteiger partial charge on any atom is -0.373 e. The Morgan fingerprint density at radius 1 is 1.40 bits per heavy atom. The molecule has 2 aliphatic heterocycles. The normalized spacial score (nSPS) is 32.6. The molecule has 0 aromatic carbocycles. The topological polar surface area (TPSA) is 45.7 Å². The van der Waals surface area contributed by atoms with Crippen molar-refractivity contribution in [2.45, 2.75) is 44.9 Å². The molecule has 5 heteroatoms. The Kier molecular flexibility index (Phi) is 4.61. The van der Waals surface area contributed by atoms with E-state index in [1.807, 2.05) is 12.3 Å². The Morgan fingerprint density at radius 3 is 3.08 bits per heavy atom. The minimum atomic E-state index is -0.240. The van der Waals surface area contributed by atoms with Gasteiger partial charge in [-0.3, -0.25) is 14.7 Å². The summed E-state index contributed by atoms with van der Waals surface area (Å²) in [6.45, 7) is 6.16. The number of hydrogen-bond acceptors (Lipinski definition) is 4. The Balaban J connectivity index is 1.45. The number of allylic oxidation sites excluding steroid dienone is 2. The maximum Gasteiger partial charge on any atom is 0.228 e. The highest BCUT2D eigenvalue weighted by atomic mass is 16.5. The van der Waals surface area contributed by atoms with Gasteiger partial charge >= 0.3 is 0 Å². The number of carbonyl (C=O) groups is 1. The van der Waals surface area contributed by atoms with Crippen molar-refractivity contribution >= 4 is 5.91 Å². The second-order valence-electron chi connectivity index (χ2n) is 7.79. The van der Waals surface area contributed by atoms with E-state index in [4.69, 9.17) is 4.74 Å². The van der Waals surface area contributed by atoms with Crippen molar-refractivity contribution in [2.24, 2.45) is 5.41 Å². The molecule has 1 amide bonds. The zero-order chi connectivity index (χ0) is 17.3. The first-order valence-electron chi connectivity index (χ1n) is 9.35. The van der Waals surface area contributed by atoms with E-state index in [0.29, 0.717) is 11.9 Å². The second-order valence-corrected chi connectivity index (χ2v) is 7.79. The first-order valence-corrected chi connectivity index (χ1v) is 9.35. The fraction of sp³-hybridized carbons (Fsp3) is 0.600. The molecule has 0 N–H and O–H groups in total. The lowest BCUT2D eigenvalue weighted by Crippen LogP contribution is -2.50. The van der Waals surface area contributed by atoms with Crippen LogP contribution in [-0.4, -0.2) is 59.1 Å². The third-order valence-electron chi connectivity index (χ3n) is 5.93. The standard InChI is InChI=1S/C20H27N3O2/c1-20(7-3-2-4-8-20)19(24)23-14-17-18(15-23)25-11-10-22(17)13-16-6-5-9-21-12-16/h2-3,5-6,9,12,17-18H,4,7-8,10-11,13-15H2,1H3/t17-,18+,20?/m1/s1. The van der Waals surface area contributed by atoms with Gasteiger partial charge in [0.1, 0.15) is 0 Å². The van der Waals surface area contributed by atoms with Crippen LogP contribution in [0.2, 0.25) is 0 Å². The number of aromatic nitrogens is 1. The smallest absolute Gasteiger partial charge is 0.228 e. The van der Waals surface area contributed by atoms with Crippen LogP contribution in [0.3, 0.4) is 0 Å². The van der Waals surface area contributed by atoms with Crippen LogP contribution in [-0.2, 0) is 16.1 Å². The first-order chi connectivity index (χ1) is 12.2. The van der Waals surface area contributed by atoms with Crippen LogP contribution in [0.15, 0.2) is 36.7 Å². The van der Waals surface area contributed by atoms with Gasteiger partial charge in [0.2, 0.25) is 5.91 Å². The van der Waals surface area contributed by atoms with Crippen LogP contribution in [0, 0.1) is 5.41 Å². The van der Waals surface area contributed by atoms with Crippen LogP contribution < -0.4 is 0 Å². The molecule has 2 saturated heterocycles. The Bertz CT molecular complexity index is 648. The van der Waals surface area contributed by atoms with Crippen molar-refractivity contribution in [1.82, 2.24) is 14.8 Å². The summed E-state index contributed by atoms with van der Waals surface area (Å²) in [6.07, 6.45) is 11.0. The number of nitrogens with zero attached hydrogens (tertiary/aromatic N) is 3. The van der Waals surface area contributed by atoms with Gasteiger partial charge in [-0.15, -0.1) is 0 Å². The predicted octanol–water partition coefficient (Wildman–Crippen LogP) is 2.24. The van der Waals surface area contributed by atoms with Gasteiger partial charge in [-0.05, 0) is 30.9 Å². The molecule has 1 aromatic heterocycles. The van der Waals surface area contributed by atoms with Gasteiger partial charge in [-0.2, -0.15) is 0 Å². The number of hydrogen-bond donors (Lipinski definition) is 0. The number of amides is 1. The molecule has 25 heavy (non-hydrogen) atoms. The number of pyridine rings is 1. The van der Waals surface area contributed by atoms with Crippen molar-refractivity contribution in [3.8, 4) is 0 Å². The number of likely N-dealkylation sites (tertiary alicyclic amines) is 1. The summed E-state index contributed by atoms with van der Waals surface area (Å²) in [4.78, 5) is 21.9. The monoisotopic (exact) mass is 341 g/mol. The van der Waals surface area contributed by atoms with Gasteiger partial charge in [-0.1, -0.05) is 25.1 Å². The van der Waals surface area contributed by atoms with Crippen molar-refractivity contribution in [1.29, 1.82) is 0 Å². The van der Waals surface area contributed by atoms with Crippen LogP contribution in [0.5, 0.6) is 0 Å². The van der Waals surface area contributed by atoms with E-state index < -0.39 is 0 Å². The summed E-state index contributed by atoms with van der Waals surface area (Å²) >= 11 is 0. The molecule has 2 fully saturated rings. The molecule has 1 aromatic rings. The van der Waals surface area contributed by atoms with E-state index in [0.717, 1.165) is 52.0 Å². The third kappa shape index (κ3) is 3.35. The highest BCUT2D eigenvalue weighted by Crippen LogP contribution is 2.36. The largest absolute Gasteiger partial charge is 0.373 e. The summed E-state index contributed by atoms with van der Waals surface area (Å²) in [7, 11) is 0. The van der Waals surface area contributed by atoms with Crippen molar-refractivity contribution in [3.05, 3.63) is 42.2 Å². The van der Waals surface area contributed by atoms with E-state index in [9.17, 15) is 4.79 Å². The lowest BCUT2D eigenvalue weighted by atomic mass is 9.78. The lowest BCUT2D eigenvalue weighted by molar-refractivity contribution is -0.141. The van der Waals surface area contributed by atoms with Gasteiger partial charge in [0.15, 0.2) is 0 Å². The molecular weight excluding hydrogens is 314 g/mol. The summed E-state index contributed by atoms with van der Waals surface area (Å²) in [5.74, 6) is 0.302. The summed E-state index contributed by atoms with van der Waals surface area (Å²) in [5, 5.41) is 0. The molecule has 3 heterocycles. The molecule has 3 aliphatic rings. The second kappa shape index (κ2) is 6.89. The Labute approximate surface area is 149 Å². The molecule has 5 nitrogen and oxygen atoms in total. The SMILES string of the molecule is CC1(C(=O)N2C[C@@H]3OCCN(Cc4cccnc4)[C@@H]3C2)CC=CCC1. The molecule has 134 valence electrons. The fourth-order valence-electron chi connectivity index (χ4n) is 4.39. The average molecular weight is 341 g/mol. The van der Waals surface area contributed by atoms with Crippen molar-refractivity contribution in [3.63, 3.8) is 0 Å². The van der Waals surface area contributed by atoms with Gasteiger partial charge in [0, 0.05) is 38.6 Å². The van der Waals surface area contributed by atoms with Crippen LogP contribution in [0.4, 0.5) is 0 Å². The molecule has 0 bridgehead atoms. The fourth-order valence-corrected chi connectivity index (χ4v) is 4.39. The van der Waals surface area contributed by atoms with Gasteiger partial charge in [-0.25, -0.2) is 0 Å². The van der Waals surface area contributed by atoms with Gasteiger partial charge in [0.25, 0.3) is 0 Å².